The minimum Gasteiger partial charge on any atom is -0.369 e. The molecule has 0 aliphatic rings. The van der Waals surface area contributed by atoms with Crippen LogP contribution in [0.25, 0.3) is 11.0 Å². The van der Waals surface area contributed by atoms with Gasteiger partial charge in [0.25, 0.3) is 0 Å². The molecule has 0 spiro atoms. The molecule has 0 aliphatic carbocycles. The van der Waals surface area contributed by atoms with Gasteiger partial charge in [0.15, 0.2) is 0 Å². The molecular formula is C14H17N5. The number of hydrogen-bond acceptors (Lipinski definition) is 3. The van der Waals surface area contributed by atoms with E-state index in [1.165, 1.54) is 5.56 Å². The first-order chi connectivity index (χ1) is 9.08. The summed E-state index contributed by atoms with van der Waals surface area (Å²) in [4.78, 5) is 4.42. The maximum atomic E-state index is 6.05. The maximum Gasteiger partial charge on any atom is 0.201 e. The number of nitrogens with zero attached hydrogens (tertiary/aromatic N) is 4. The van der Waals surface area contributed by atoms with E-state index in [-0.39, 0.29) is 0 Å². The number of nitrogens with two attached hydrogens (primary N) is 1. The van der Waals surface area contributed by atoms with Crippen LogP contribution in [0.1, 0.15) is 16.8 Å². The number of benzene rings is 1. The van der Waals surface area contributed by atoms with E-state index in [9.17, 15) is 0 Å². The minimum atomic E-state index is 0.549. The molecule has 5 nitrogen and oxygen atoms in total. The van der Waals surface area contributed by atoms with Gasteiger partial charge in [0.2, 0.25) is 5.95 Å². The zero-order valence-corrected chi connectivity index (χ0v) is 11.4. The fraction of sp³-hybridized carbons (Fsp3) is 0.286. The molecule has 5 heteroatoms. The highest BCUT2D eigenvalue weighted by Crippen LogP contribution is 2.23. The van der Waals surface area contributed by atoms with Gasteiger partial charge in [-0.3, -0.25) is 4.68 Å². The number of fused-ring (bicyclic) bond motifs is 1. The molecule has 0 aliphatic heterocycles. The summed E-state index contributed by atoms with van der Waals surface area (Å²) in [5.41, 5.74) is 11.6. The third kappa shape index (κ3) is 1.78. The van der Waals surface area contributed by atoms with Crippen molar-refractivity contribution in [1.82, 2.24) is 19.3 Å². The van der Waals surface area contributed by atoms with E-state index in [2.05, 4.69) is 34.6 Å². The van der Waals surface area contributed by atoms with E-state index in [1.807, 2.05) is 30.1 Å². The third-order valence-corrected chi connectivity index (χ3v) is 3.66. The van der Waals surface area contributed by atoms with Crippen LogP contribution in [0.4, 0.5) is 5.95 Å². The number of anilines is 1. The Hall–Kier alpha value is -2.30. The lowest BCUT2D eigenvalue weighted by molar-refractivity contribution is 0.734. The van der Waals surface area contributed by atoms with Crippen LogP contribution < -0.4 is 5.73 Å². The van der Waals surface area contributed by atoms with Gasteiger partial charge in [0.05, 0.1) is 23.8 Å². The van der Waals surface area contributed by atoms with E-state index in [0.717, 1.165) is 22.3 Å². The Bertz CT molecular complexity index is 751. The molecule has 0 saturated carbocycles. The molecule has 0 radical (unpaired) electrons. The van der Waals surface area contributed by atoms with E-state index < -0.39 is 0 Å². The van der Waals surface area contributed by atoms with Crippen LogP contribution in [0.15, 0.2) is 24.4 Å². The maximum absolute atomic E-state index is 6.05. The van der Waals surface area contributed by atoms with Gasteiger partial charge in [-0.15, -0.1) is 0 Å². The average molecular weight is 255 g/mol. The van der Waals surface area contributed by atoms with Crippen molar-refractivity contribution in [3.63, 3.8) is 0 Å². The summed E-state index contributed by atoms with van der Waals surface area (Å²) in [6, 6.07) is 6.07. The second-order valence-electron chi connectivity index (χ2n) is 4.88. The summed E-state index contributed by atoms with van der Waals surface area (Å²) >= 11 is 0. The van der Waals surface area contributed by atoms with Crippen LogP contribution in [0.3, 0.4) is 0 Å². The van der Waals surface area contributed by atoms with Crippen LogP contribution in [0.5, 0.6) is 0 Å². The van der Waals surface area contributed by atoms with Crippen molar-refractivity contribution in [3.8, 4) is 0 Å². The Morgan fingerprint density at radius 1 is 1.26 bits per heavy atom. The number of aromatic nitrogens is 4. The SMILES string of the molecule is Cc1cccc2nc(N)n(Cc3cnn(C)c3C)c12. The number of imidazole rings is 1. The van der Waals surface area contributed by atoms with Crippen LogP contribution in [0, 0.1) is 13.8 Å². The summed E-state index contributed by atoms with van der Waals surface area (Å²) in [6.07, 6.45) is 1.89. The van der Waals surface area contributed by atoms with E-state index in [0.29, 0.717) is 12.5 Å². The van der Waals surface area contributed by atoms with Crippen molar-refractivity contribution in [2.24, 2.45) is 7.05 Å². The quantitative estimate of drug-likeness (QED) is 0.762. The minimum absolute atomic E-state index is 0.549. The van der Waals surface area contributed by atoms with Crippen molar-refractivity contribution in [2.45, 2.75) is 20.4 Å². The number of rotatable bonds is 2. The summed E-state index contributed by atoms with van der Waals surface area (Å²) in [5.74, 6) is 0.549. The Kier molecular flexibility index (Phi) is 2.55. The molecule has 3 rings (SSSR count). The molecule has 0 fully saturated rings. The van der Waals surface area contributed by atoms with Gasteiger partial charge in [-0.2, -0.15) is 5.10 Å². The summed E-state index contributed by atoms with van der Waals surface area (Å²) in [7, 11) is 1.94. The highest BCUT2D eigenvalue weighted by molar-refractivity contribution is 5.81. The summed E-state index contributed by atoms with van der Waals surface area (Å²) < 4.78 is 3.92. The van der Waals surface area contributed by atoms with E-state index in [4.69, 9.17) is 5.73 Å². The number of para-hydroxylation sites is 1. The summed E-state index contributed by atoms with van der Waals surface area (Å²) in [6.45, 7) is 4.84. The van der Waals surface area contributed by atoms with Crippen molar-refractivity contribution in [1.29, 1.82) is 0 Å². The molecule has 0 saturated heterocycles. The van der Waals surface area contributed by atoms with Crippen LogP contribution in [0.2, 0.25) is 0 Å². The Morgan fingerprint density at radius 2 is 2.05 bits per heavy atom. The van der Waals surface area contributed by atoms with Gasteiger partial charge in [0.1, 0.15) is 0 Å². The van der Waals surface area contributed by atoms with Gasteiger partial charge in [0, 0.05) is 18.3 Å². The van der Waals surface area contributed by atoms with Crippen LogP contribution in [-0.2, 0) is 13.6 Å². The average Bonchev–Trinajstić information content (AvgIpc) is 2.85. The molecule has 19 heavy (non-hydrogen) atoms. The van der Waals surface area contributed by atoms with Gasteiger partial charge in [-0.05, 0) is 25.5 Å². The fourth-order valence-electron chi connectivity index (χ4n) is 2.41. The Labute approximate surface area is 111 Å². The molecular weight excluding hydrogens is 238 g/mol. The molecule has 0 unspecified atom stereocenters. The highest BCUT2D eigenvalue weighted by atomic mass is 15.3. The molecule has 2 N–H and O–H groups in total. The normalized spacial score (nSPS) is 11.3. The first-order valence-electron chi connectivity index (χ1n) is 6.26. The molecule has 98 valence electrons. The molecule has 0 amide bonds. The van der Waals surface area contributed by atoms with E-state index >= 15 is 0 Å². The van der Waals surface area contributed by atoms with Crippen molar-refractivity contribution < 1.29 is 0 Å². The van der Waals surface area contributed by atoms with Crippen molar-refractivity contribution >= 4 is 17.0 Å². The second kappa shape index (κ2) is 4.12. The first kappa shape index (κ1) is 11.8. The largest absolute Gasteiger partial charge is 0.369 e. The monoisotopic (exact) mass is 255 g/mol. The van der Waals surface area contributed by atoms with Gasteiger partial charge >= 0.3 is 0 Å². The van der Waals surface area contributed by atoms with Gasteiger partial charge in [-0.1, -0.05) is 12.1 Å². The standard InChI is InChI=1S/C14H17N5/c1-9-5-4-6-12-13(9)19(14(15)17-12)8-11-7-16-18(3)10(11)2/h4-7H,8H2,1-3H3,(H2,15,17). The topological polar surface area (TPSA) is 61.7 Å². The molecule has 0 bridgehead atoms. The van der Waals surface area contributed by atoms with E-state index in [1.54, 1.807) is 0 Å². The molecule has 0 atom stereocenters. The Morgan fingerprint density at radius 3 is 2.74 bits per heavy atom. The lowest BCUT2D eigenvalue weighted by atomic mass is 10.2. The zero-order chi connectivity index (χ0) is 13.6. The van der Waals surface area contributed by atoms with Crippen molar-refractivity contribution in [2.75, 3.05) is 5.73 Å². The predicted molar refractivity (Wildman–Crippen MR) is 75.9 cm³/mol. The highest BCUT2D eigenvalue weighted by Gasteiger charge is 2.12. The smallest absolute Gasteiger partial charge is 0.201 e. The van der Waals surface area contributed by atoms with Crippen LogP contribution in [-0.4, -0.2) is 19.3 Å². The zero-order valence-electron chi connectivity index (χ0n) is 11.4. The van der Waals surface area contributed by atoms with Crippen LogP contribution >= 0.6 is 0 Å². The second-order valence-corrected chi connectivity index (χ2v) is 4.88. The molecule has 3 aromatic rings. The molecule has 2 heterocycles. The lowest BCUT2D eigenvalue weighted by Gasteiger charge is -2.07. The van der Waals surface area contributed by atoms with Crippen molar-refractivity contribution in [3.05, 3.63) is 41.2 Å². The number of nitrogen functional groups attached to an aromatic ring is 1. The third-order valence-electron chi connectivity index (χ3n) is 3.66. The van der Waals surface area contributed by atoms with Gasteiger partial charge in [-0.25, -0.2) is 4.98 Å². The first-order valence-corrected chi connectivity index (χ1v) is 6.26. The number of hydrogen-bond donors (Lipinski definition) is 1. The number of aryl methyl sites for hydroxylation is 2. The molecule has 1 aromatic carbocycles. The molecule has 2 aromatic heterocycles. The Balaban J connectivity index is 2.15. The predicted octanol–water partition coefficient (Wildman–Crippen LogP) is 2.02. The lowest BCUT2D eigenvalue weighted by Crippen LogP contribution is -2.06. The summed E-state index contributed by atoms with van der Waals surface area (Å²) in [5, 5.41) is 4.27. The van der Waals surface area contributed by atoms with Gasteiger partial charge < -0.3 is 10.3 Å². The fourth-order valence-corrected chi connectivity index (χ4v) is 2.41.